The normalized spacial score (nSPS) is 26.1. The van der Waals surface area contributed by atoms with Crippen LogP contribution in [-0.4, -0.2) is 20.8 Å². The third-order valence-corrected chi connectivity index (χ3v) is 3.87. The van der Waals surface area contributed by atoms with Gasteiger partial charge < -0.3 is 5.73 Å². The Morgan fingerprint density at radius 3 is 2.44 bits per heavy atom. The summed E-state index contributed by atoms with van der Waals surface area (Å²) in [6, 6.07) is 0.239. The van der Waals surface area contributed by atoms with Crippen LogP contribution in [0.2, 0.25) is 0 Å². The van der Waals surface area contributed by atoms with Gasteiger partial charge >= 0.3 is 0 Å². The summed E-state index contributed by atoms with van der Waals surface area (Å²) in [7, 11) is 2.00. The molecule has 0 aliphatic heterocycles. The SMILES string of the molecule is Cn1nc(C(C)(C)C)nc1C1CCCCCC1N. The smallest absolute Gasteiger partial charge is 0.156 e. The van der Waals surface area contributed by atoms with Crippen LogP contribution in [0.3, 0.4) is 0 Å². The summed E-state index contributed by atoms with van der Waals surface area (Å²) in [5.41, 5.74) is 6.32. The summed E-state index contributed by atoms with van der Waals surface area (Å²) in [4.78, 5) is 4.77. The molecule has 0 aromatic carbocycles. The zero-order valence-electron chi connectivity index (χ0n) is 12.1. The Morgan fingerprint density at radius 2 is 1.83 bits per heavy atom. The highest BCUT2D eigenvalue weighted by Gasteiger charge is 2.29. The van der Waals surface area contributed by atoms with E-state index in [0.29, 0.717) is 5.92 Å². The van der Waals surface area contributed by atoms with Crippen LogP contribution < -0.4 is 5.73 Å². The van der Waals surface area contributed by atoms with E-state index in [2.05, 4.69) is 25.9 Å². The molecule has 0 amide bonds. The first-order valence-electron chi connectivity index (χ1n) is 7.06. The lowest BCUT2D eigenvalue weighted by Crippen LogP contribution is -2.29. The van der Waals surface area contributed by atoms with Crippen molar-refractivity contribution in [2.45, 2.75) is 70.3 Å². The first kappa shape index (κ1) is 13.5. The van der Waals surface area contributed by atoms with Crippen LogP contribution in [-0.2, 0) is 12.5 Å². The van der Waals surface area contributed by atoms with Crippen LogP contribution in [0, 0.1) is 0 Å². The molecule has 1 fully saturated rings. The minimum absolute atomic E-state index is 0.00480. The van der Waals surface area contributed by atoms with Gasteiger partial charge in [-0.1, -0.05) is 40.0 Å². The highest BCUT2D eigenvalue weighted by molar-refractivity contribution is 5.09. The second kappa shape index (κ2) is 5.00. The molecule has 2 N–H and O–H groups in total. The fraction of sp³-hybridized carbons (Fsp3) is 0.857. The molecule has 2 unspecified atom stereocenters. The summed E-state index contributed by atoms with van der Waals surface area (Å²) in [6.07, 6.45) is 6.07. The van der Waals surface area contributed by atoms with Crippen molar-refractivity contribution in [3.05, 3.63) is 11.6 Å². The molecule has 1 saturated carbocycles. The maximum atomic E-state index is 6.32. The van der Waals surface area contributed by atoms with E-state index in [1.807, 2.05) is 11.7 Å². The molecule has 1 aromatic heterocycles. The molecule has 18 heavy (non-hydrogen) atoms. The minimum atomic E-state index is 0.00480. The van der Waals surface area contributed by atoms with Crippen molar-refractivity contribution < 1.29 is 0 Å². The number of nitrogens with zero attached hydrogens (tertiary/aromatic N) is 3. The lowest BCUT2D eigenvalue weighted by molar-refractivity contribution is 0.465. The Kier molecular flexibility index (Phi) is 3.76. The Hall–Kier alpha value is -0.900. The molecule has 1 aromatic rings. The van der Waals surface area contributed by atoms with E-state index in [9.17, 15) is 0 Å². The van der Waals surface area contributed by atoms with E-state index in [1.54, 1.807) is 0 Å². The summed E-state index contributed by atoms with van der Waals surface area (Å²) in [5.74, 6) is 2.38. The molecular weight excluding hydrogens is 224 g/mol. The van der Waals surface area contributed by atoms with Gasteiger partial charge in [-0.3, -0.25) is 4.68 Å². The van der Waals surface area contributed by atoms with Crippen molar-refractivity contribution in [2.75, 3.05) is 0 Å². The van der Waals surface area contributed by atoms with Gasteiger partial charge in [-0.25, -0.2) is 4.98 Å². The van der Waals surface area contributed by atoms with E-state index >= 15 is 0 Å². The number of hydrogen-bond donors (Lipinski definition) is 1. The largest absolute Gasteiger partial charge is 0.327 e. The van der Waals surface area contributed by atoms with Crippen molar-refractivity contribution in [1.82, 2.24) is 14.8 Å². The molecule has 4 nitrogen and oxygen atoms in total. The average Bonchev–Trinajstić information content (AvgIpc) is 2.52. The second-order valence-electron chi connectivity index (χ2n) is 6.58. The highest BCUT2D eigenvalue weighted by atomic mass is 15.3. The van der Waals surface area contributed by atoms with Gasteiger partial charge in [0.15, 0.2) is 5.82 Å². The molecule has 0 bridgehead atoms. The van der Waals surface area contributed by atoms with E-state index in [0.717, 1.165) is 24.5 Å². The first-order valence-corrected chi connectivity index (χ1v) is 7.06. The van der Waals surface area contributed by atoms with Gasteiger partial charge in [-0.15, -0.1) is 0 Å². The zero-order valence-corrected chi connectivity index (χ0v) is 12.1. The van der Waals surface area contributed by atoms with Crippen molar-refractivity contribution >= 4 is 0 Å². The molecule has 1 aliphatic carbocycles. The van der Waals surface area contributed by atoms with Crippen LogP contribution in [0.15, 0.2) is 0 Å². The third-order valence-electron chi connectivity index (χ3n) is 3.87. The number of aromatic nitrogens is 3. The van der Waals surface area contributed by atoms with E-state index in [1.165, 1.54) is 19.3 Å². The lowest BCUT2D eigenvalue weighted by Gasteiger charge is -2.20. The lowest BCUT2D eigenvalue weighted by atomic mass is 9.94. The van der Waals surface area contributed by atoms with Gasteiger partial charge in [0.05, 0.1) is 0 Å². The number of nitrogens with two attached hydrogens (primary N) is 1. The second-order valence-corrected chi connectivity index (χ2v) is 6.58. The summed E-state index contributed by atoms with van der Waals surface area (Å²) in [5, 5.41) is 4.57. The van der Waals surface area contributed by atoms with Crippen molar-refractivity contribution in [2.24, 2.45) is 12.8 Å². The monoisotopic (exact) mass is 250 g/mol. The highest BCUT2D eigenvalue weighted by Crippen LogP contribution is 2.31. The van der Waals surface area contributed by atoms with Gasteiger partial charge in [-0.2, -0.15) is 5.10 Å². The van der Waals surface area contributed by atoms with Gasteiger partial charge in [0, 0.05) is 24.4 Å². The minimum Gasteiger partial charge on any atom is -0.327 e. The molecule has 1 aliphatic rings. The van der Waals surface area contributed by atoms with Gasteiger partial charge in [-0.05, 0) is 12.8 Å². The molecule has 4 heteroatoms. The Morgan fingerprint density at radius 1 is 1.17 bits per heavy atom. The first-order chi connectivity index (χ1) is 8.39. The van der Waals surface area contributed by atoms with Gasteiger partial charge in [0.25, 0.3) is 0 Å². The number of hydrogen-bond acceptors (Lipinski definition) is 3. The predicted molar refractivity (Wildman–Crippen MR) is 73.5 cm³/mol. The quantitative estimate of drug-likeness (QED) is 0.779. The predicted octanol–water partition coefficient (Wildman–Crippen LogP) is 2.49. The van der Waals surface area contributed by atoms with Gasteiger partial charge in [0.2, 0.25) is 0 Å². The zero-order chi connectivity index (χ0) is 13.3. The molecule has 0 spiro atoms. The van der Waals surface area contributed by atoms with Crippen molar-refractivity contribution in [3.63, 3.8) is 0 Å². The molecule has 102 valence electrons. The summed E-state index contributed by atoms with van der Waals surface area (Å²) in [6.45, 7) is 6.46. The van der Waals surface area contributed by atoms with Crippen molar-refractivity contribution in [3.8, 4) is 0 Å². The summed E-state index contributed by atoms with van der Waals surface area (Å²) < 4.78 is 1.94. The van der Waals surface area contributed by atoms with E-state index < -0.39 is 0 Å². The Labute approximate surface area is 110 Å². The molecule has 1 heterocycles. The van der Waals surface area contributed by atoms with Crippen LogP contribution >= 0.6 is 0 Å². The molecular formula is C14H26N4. The van der Waals surface area contributed by atoms with E-state index in [4.69, 9.17) is 10.7 Å². The maximum Gasteiger partial charge on any atom is 0.156 e. The van der Waals surface area contributed by atoms with Crippen LogP contribution in [0.5, 0.6) is 0 Å². The van der Waals surface area contributed by atoms with Crippen LogP contribution in [0.25, 0.3) is 0 Å². The fourth-order valence-corrected chi connectivity index (χ4v) is 2.69. The molecule has 0 saturated heterocycles. The molecule has 0 radical (unpaired) electrons. The number of rotatable bonds is 1. The van der Waals surface area contributed by atoms with Crippen LogP contribution in [0.4, 0.5) is 0 Å². The molecule has 2 atom stereocenters. The van der Waals surface area contributed by atoms with Crippen molar-refractivity contribution in [1.29, 1.82) is 0 Å². The molecule has 2 rings (SSSR count). The Bertz CT molecular complexity index is 402. The summed E-state index contributed by atoms with van der Waals surface area (Å²) >= 11 is 0. The number of aryl methyl sites for hydroxylation is 1. The topological polar surface area (TPSA) is 56.7 Å². The van der Waals surface area contributed by atoms with Gasteiger partial charge in [0.1, 0.15) is 5.82 Å². The third kappa shape index (κ3) is 2.74. The maximum absolute atomic E-state index is 6.32. The Balaban J connectivity index is 2.29. The standard InChI is InChI=1S/C14H26N4/c1-14(2,3)13-16-12(18(4)17-13)10-8-6-5-7-9-11(10)15/h10-11H,5-9,15H2,1-4H3. The average molecular weight is 250 g/mol. The fourth-order valence-electron chi connectivity index (χ4n) is 2.69. The van der Waals surface area contributed by atoms with E-state index in [-0.39, 0.29) is 11.5 Å². The van der Waals surface area contributed by atoms with Crippen LogP contribution in [0.1, 0.15) is 70.4 Å².